The van der Waals surface area contributed by atoms with Crippen molar-refractivity contribution < 1.29 is 9.53 Å². The summed E-state index contributed by atoms with van der Waals surface area (Å²) in [7, 11) is 1.47. The van der Waals surface area contributed by atoms with Crippen molar-refractivity contribution in [1.29, 1.82) is 0 Å². The molecule has 2 fully saturated rings. The predicted octanol–water partition coefficient (Wildman–Crippen LogP) is 3.31. The fourth-order valence-electron chi connectivity index (χ4n) is 3.16. The van der Waals surface area contributed by atoms with Gasteiger partial charge in [0.25, 0.3) is 0 Å². The largest absolute Gasteiger partial charge is 0.468 e. The van der Waals surface area contributed by atoms with Gasteiger partial charge < -0.3 is 4.74 Å². The maximum Gasteiger partial charge on any atom is 0.327 e. The van der Waals surface area contributed by atoms with Gasteiger partial charge in [-0.2, -0.15) is 0 Å². The minimum atomic E-state index is -0.318. The smallest absolute Gasteiger partial charge is 0.327 e. The van der Waals surface area contributed by atoms with Gasteiger partial charge in [0, 0.05) is 6.04 Å². The second kappa shape index (κ2) is 5.96. The maximum absolute atomic E-state index is 12.1. The second-order valence-electron chi connectivity index (χ2n) is 6.05. The molecule has 1 unspecified atom stereocenters. The van der Waals surface area contributed by atoms with Gasteiger partial charge in [0.2, 0.25) is 0 Å². The van der Waals surface area contributed by atoms with Crippen LogP contribution in [0.2, 0.25) is 0 Å². The molecule has 1 atom stereocenters. The van der Waals surface area contributed by atoms with E-state index in [1.807, 2.05) is 6.07 Å². The van der Waals surface area contributed by atoms with Crippen molar-refractivity contribution in [2.45, 2.75) is 56.5 Å². The number of ether oxygens (including phenoxy) is 1. The van der Waals surface area contributed by atoms with E-state index in [4.69, 9.17) is 4.74 Å². The Bertz CT molecular complexity index is 476. The number of benzene rings is 1. The average Bonchev–Trinajstić information content (AvgIpc) is 3.22. The molecule has 2 saturated carbocycles. The van der Waals surface area contributed by atoms with Gasteiger partial charge in [0.15, 0.2) is 0 Å². The molecule has 3 rings (SSSR count). The number of nitrogens with one attached hydrogen (secondary N) is 1. The quantitative estimate of drug-likeness (QED) is 0.836. The highest BCUT2D eigenvalue weighted by molar-refractivity contribution is 5.77. The molecule has 0 heterocycles. The molecule has 0 aliphatic heterocycles. The number of hydrogen-bond acceptors (Lipinski definition) is 3. The number of rotatable bonds is 5. The van der Waals surface area contributed by atoms with E-state index in [0.717, 1.165) is 18.4 Å². The van der Waals surface area contributed by atoms with Gasteiger partial charge in [-0.15, -0.1) is 0 Å². The molecule has 0 bridgehead atoms. The zero-order valence-corrected chi connectivity index (χ0v) is 12.1. The van der Waals surface area contributed by atoms with Crippen LogP contribution in [0.25, 0.3) is 0 Å². The Hall–Kier alpha value is -1.35. The highest BCUT2D eigenvalue weighted by atomic mass is 16.5. The van der Waals surface area contributed by atoms with Gasteiger partial charge in [-0.1, -0.05) is 37.1 Å². The molecule has 3 nitrogen and oxygen atoms in total. The fraction of sp³-hybridized carbons (Fsp3) is 0.588. The van der Waals surface area contributed by atoms with Crippen molar-refractivity contribution in [2.75, 3.05) is 7.11 Å². The highest BCUT2D eigenvalue weighted by Crippen LogP contribution is 2.40. The molecule has 1 N–H and O–H groups in total. The molecule has 1 aromatic rings. The summed E-state index contributed by atoms with van der Waals surface area (Å²) < 4.78 is 4.99. The third-order valence-corrected chi connectivity index (χ3v) is 4.49. The third-order valence-electron chi connectivity index (χ3n) is 4.49. The first-order valence-electron chi connectivity index (χ1n) is 7.71. The third kappa shape index (κ3) is 3.04. The molecule has 0 saturated heterocycles. The van der Waals surface area contributed by atoms with Crippen molar-refractivity contribution >= 4 is 5.97 Å². The van der Waals surface area contributed by atoms with Crippen LogP contribution in [0.5, 0.6) is 0 Å². The standard InChI is InChI=1S/C17H23NO2/c1-20-17(19)16(18-15-7-2-3-8-15)14-6-4-5-13(11-14)12-9-10-12/h4-6,11-12,15-16,18H,2-3,7-10H2,1H3. The van der Waals surface area contributed by atoms with Gasteiger partial charge in [-0.05, 0) is 42.7 Å². The van der Waals surface area contributed by atoms with Crippen LogP contribution in [-0.4, -0.2) is 19.1 Å². The van der Waals surface area contributed by atoms with Gasteiger partial charge in [-0.25, -0.2) is 4.79 Å². The van der Waals surface area contributed by atoms with Gasteiger partial charge >= 0.3 is 5.97 Å². The van der Waals surface area contributed by atoms with Gasteiger partial charge in [0.05, 0.1) is 7.11 Å². The summed E-state index contributed by atoms with van der Waals surface area (Å²) in [6.45, 7) is 0. The first-order chi connectivity index (χ1) is 9.78. The summed E-state index contributed by atoms with van der Waals surface area (Å²) in [5.41, 5.74) is 2.41. The van der Waals surface area contributed by atoms with Crippen molar-refractivity contribution in [1.82, 2.24) is 5.32 Å². The first-order valence-corrected chi connectivity index (χ1v) is 7.71. The Morgan fingerprint density at radius 2 is 2.00 bits per heavy atom. The molecule has 108 valence electrons. The molecule has 20 heavy (non-hydrogen) atoms. The summed E-state index contributed by atoms with van der Waals surface area (Å²) in [6, 6.07) is 8.59. The topological polar surface area (TPSA) is 38.3 Å². The number of methoxy groups -OCH3 is 1. The van der Waals surface area contributed by atoms with Crippen LogP contribution < -0.4 is 5.32 Å². The van der Waals surface area contributed by atoms with Crippen molar-refractivity contribution in [3.63, 3.8) is 0 Å². The summed E-state index contributed by atoms with van der Waals surface area (Å²) >= 11 is 0. The zero-order chi connectivity index (χ0) is 13.9. The first kappa shape index (κ1) is 13.6. The Morgan fingerprint density at radius 3 is 2.65 bits per heavy atom. The van der Waals surface area contributed by atoms with E-state index in [1.54, 1.807) is 0 Å². The van der Waals surface area contributed by atoms with E-state index in [0.29, 0.717) is 12.0 Å². The normalized spacial score (nSPS) is 20.9. The lowest BCUT2D eigenvalue weighted by atomic mass is 10.0. The molecular formula is C17H23NO2. The van der Waals surface area contributed by atoms with Gasteiger partial charge in [0.1, 0.15) is 6.04 Å². The van der Waals surface area contributed by atoms with Crippen LogP contribution >= 0.6 is 0 Å². The van der Waals surface area contributed by atoms with Crippen LogP contribution in [0.1, 0.15) is 61.6 Å². The van der Waals surface area contributed by atoms with E-state index in [-0.39, 0.29) is 12.0 Å². The van der Waals surface area contributed by atoms with Crippen molar-refractivity contribution in [2.24, 2.45) is 0 Å². The molecule has 0 amide bonds. The van der Waals surface area contributed by atoms with Crippen LogP contribution in [0.15, 0.2) is 24.3 Å². The second-order valence-corrected chi connectivity index (χ2v) is 6.05. The van der Waals surface area contributed by atoms with E-state index in [1.165, 1.54) is 38.4 Å². The van der Waals surface area contributed by atoms with Crippen LogP contribution in [0, 0.1) is 0 Å². The Labute approximate surface area is 120 Å². The van der Waals surface area contributed by atoms with Crippen LogP contribution in [-0.2, 0) is 9.53 Å². The van der Waals surface area contributed by atoms with Crippen molar-refractivity contribution in [3.05, 3.63) is 35.4 Å². The van der Waals surface area contributed by atoms with E-state index < -0.39 is 0 Å². The maximum atomic E-state index is 12.1. The molecule has 0 radical (unpaired) electrons. The monoisotopic (exact) mass is 273 g/mol. The summed E-state index contributed by atoms with van der Waals surface area (Å²) in [5, 5.41) is 3.49. The zero-order valence-electron chi connectivity index (χ0n) is 12.1. The molecule has 0 aromatic heterocycles. The number of esters is 1. The number of carbonyl (C=O) groups is 1. The summed E-state index contributed by atoms with van der Waals surface area (Å²) in [4.78, 5) is 12.1. The van der Waals surface area contributed by atoms with E-state index in [9.17, 15) is 4.79 Å². The van der Waals surface area contributed by atoms with Crippen molar-refractivity contribution in [3.8, 4) is 0 Å². The predicted molar refractivity (Wildman–Crippen MR) is 78.6 cm³/mol. The minimum absolute atomic E-state index is 0.176. The minimum Gasteiger partial charge on any atom is -0.468 e. The number of carbonyl (C=O) groups excluding carboxylic acids is 1. The van der Waals surface area contributed by atoms with Crippen LogP contribution in [0.4, 0.5) is 0 Å². The molecule has 1 aromatic carbocycles. The molecule has 0 spiro atoms. The molecular weight excluding hydrogens is 250 g/mol. The Morgan fingerprint density at radius 1 is 1.25 bits per heavy atom. The average molecular weight is 273 g/mol. The van der Waals surface area contributed by atoms with Crippen LogP contribution in [0.3, 0.4) is 0 Å². The van der Waals surface area contributed by atoms with E-state index in [2.05, 4.69) is 23.5 Å². The molecule has 3 heteroatoms. The SMILES string of the molecule is COC(=O)C(NC1CCCC1)c1cccc(C2CC2)c1. The Kier molecular flexibility index (Phi) is 4.06. The van der Waals surface area contributed by atoms with Gasteiger partial charge in [-0.3, -0.25) is 5.32 Å². The van der Waals surface area contributed by atoms with E-state index >= 15 is 0 Å². The lowest BCUT2D eigenvalue weighted by Crippen LogP contribution is -2.36. The lowest BCUT2D eigenvalue weighted by molar-refractivity contribution is -0.143. The number of hydrogen-bond donors (Lipinski definition) is 1. The lowest BCUT2D eigenvalue weighted by Gasteiger charge is -2.21. The molecule has 2 aliphatic carbocycles. The summed E-state index contributed by atoms with van der Waals surface area (Å²) in [6.07, 6.45) is 7.40. The Balaban J connectivity index is 1.79. The molecule has 2 aliphatic rings. The highest BCUT2D eigenvalue weighted by Gasteiger charge is 2.28. The summed E-state index contributed by atoms with van der Waals surface area (Å²) in [5.74, 6) is 0.532. The fourth-order valence-corrected chi connectivity index (χ4v) is 3.16.